The van der Waals surface area contributed by atoms with Crippen LogP contribution in [0.3, 0.4) is 0 Å². The highest BCUT2D eigenvalue weighted by atomic mass is 32.1. The zero-order valence-electron chi connectivity index (χ0n) is 22.6. The molecule has 41 heavy (non-hydrogen) atoms. The van der Waals surface area contributed by atoms with Crippen LogP contribution in [-0.4, -0.2) is 62.7 Å². The van der Waals surface area contributed by atoms with Gasteiger partial charge in [-0.2, -0.15) is 10.4 Å². The standard InChI is InChI=1S/C28H29FN10OS/c1-28(2,40)26(29)15-38-14-24(35-37-38)21-13-31-23(25-8-7-20-9-17(11-30)12-33-39(20)25)10-22(21)34-19-5-3-18(4-6-19)27-36-32-16-41-27/h7-10,12-14,16,18-19,26,40H,3-6,15H2,1-2H3,(H,31,34). The Hall–Kier alpha value is -4.28. The van der Waals surface area contributed by atoms with E-state index in [1.807, 2.05) is 18.2 Å². The van der Waals surface area contributed by atoms with Gasteiger partial charge < -0.3 is 10.4 Å². The van der Waals surface area contributed by atoms with Crippen molar-refractivity contribution in [2.45, 2.75) is 69.8 Å². The number of hydrogen-bond donors (Lipinski definition) is 2. The lowest BCUT2D eigenvalue weighted by atomic mass is 9.86. The molecule has 0 bridgehead atoms. The number of alkyl halides is 1. The zero-order valence-corrected chi connectivity index (χ0v) is 23.5. The van der Waals surface area contributed by atoms with Crippen molar-refractivity contribution in [1.82, 2.24) is 39.8 Å². The van der Waals surface area contributed by atoms with Crippen LogP contribution < -0.4 is 5.32 Å². The molecule has 1 unspecified atom stereocenters. The number of rotatable bonds is 8. The molecule has 5 aromatic heterocycles. The Morgan fingerprint density at radius 1 is 1.17 bits per heavy atom. The van der Waals surface area contributed by atoms with Crippen molar-refractivity contribution in [3.05, 3.63) is 58.9 Å². The summed E-state index contributed by atoms with van der Waals surface area (Å²) in [6.45, 7) is 2.75. The average Bonchev–Trinajstić information content (AvgIpc) is 3.74. The lowest BCUT2D eigenvalue weighted by Gasteiger charge is -2.29. The number of nitrogens with zero attached hydrogens (tertiary/aromatic N) is 9. The van der Waals surface area contributed by atoms with Crippen molar-refractivity contribution in [2.24, 2.45) is 0 Å². The number of nitrogens with one attached hydrogen (secondary N) is 1. The van der Waals surface area contributed by atoms with Gasteiger partial charge in [0, 0.05) is 29.4 Å². The smallest absolute Gasteiger partial charge is 0.148 e. The van der Waals surface area contributed by atoms with Gasteiger partial charge in [0.2, 0.25) is 0 Å². The van der Waals surface area contributed by atoms with E-state index in [4.69, 9.17) is 4.98 Å². The van der Waals surface area contributed by atoms with E-state index in [1.54, 1.807) is 39.8 Å². The first-order valence-corrected chi connectivity index (χ1v) is 14.3. The van der Waals surface area contributed by atoms with Crippen LogP contribution in [0, 0.1) is 11.3 Å². The highest BCUT2D eigenvalue weighted by Crippen LogP contribution is 2.37. The molecule has 5 heterocycles. The molecule has 0 aliphatic heterocycles. The van der Waals surface area contributed by atoms with Crippen molar-refractivity contribution in [1.29, 1.82) is 5.26 Å². The van der Waals surface area contributed by atoms with E-state index in [-0.39, 0.29) is 12.6 Å². The number of aliphatic hydroxyl groups is 1. The minimum atomic E-state index is -1.50. The number of pyridine rings is 1. The predicted octanol–water partition coefficient (Wildman–Crippen LogP) is 4.63. The fourth-order valence-electron chi connectivity index (χ4n) is 5.14. The van der Waals surface area contributed by atoms with Gasteiger partial charge in [0.15, 0.2) is 0 Å². The molecule has 1 aliphatic carbocycles. The number of aromatic nitrogens is 8. The Kier molecular flexibility index (Phi) is 7.19. The summed E-state index contributed by atoms with van der Waals surface area (Å²) in [5.41, 5.74) is 5.19. The first-order chi connectivity index (χ1) is 19.8. The molecule has 1 fully saturated rings. The molecule has 0 spiro atoms. The van der Waals surface area contributed by atoms with E-state index in [9.17, 15) is 14.8 Å². The lowest BCUT2D eigenvalue weighted by molar-refractivity contribution is -0.0120. The number of nitriles is 1. The van der Waals surface area contributed by atoms with Gasteiger partial charge in [-0.05, 0) is 63.8 Å². The van der Waals surface area contributed by atoms with Gasteiger partial charge in [-0.1, -0.05) is 5.21 Å². The van der Waals surface area contributed by atoms with Crippen molar-refractivity contribution in [3.8, 4) is 28.7 Å². The molecule has 2 N–H and O–H groups in total. The molecule has 0 aromatic carbocycles. The molecule has 0 amide bonds. The van der Waals surface area contributed by atoms with Crippen molar-refractivity contribution in [3.63, 3.8) is 0 Å². The van der Waals surface area contributed by atoms with Crippen LogP contribution in [0.5, 0.6) is 0 Å². The monoisotopic (exact) mass is 572 g/mol. The first-order valence-electron chi connectivity index (χ1n) is 13.5. The summed E-state index contributed by atoms with van der Waals surface area (Å²) in [5.74, 6) is 0.425. The fourth-order valence-corrected chi connectivity index (χ4v) is 5.86. The Bertz CT molecular complexity index is 1690. The highest BCUT2D eigenvalue weighted by Gasteiger charge is 2.28. The molecular weight excluding hydrogens is 543 g/mol. The molecule has 1 saturated carbocycles. The van der Waals surface area contributed by atoms with E-state index in [0.29, 0.717) is 22.9 Å². The van der Waals surface area contributed by atoms with E-state index in [1.165, 1.54) is 24.7 Å². The maximum Gasteiger partial charge on any atom is 0.148 e. The number of hydrogen-bond acceptors (Lipinski definition) is 10. The highest BCUT2D eigenvalue weighted by molar-refractivity contribution is 7.09. The Balaban J connectivity index is 1.31. The third-order valence-electron chi connectivity index (χ3n) is 7.54. The van der Waals surface area contributed by atoms with Crippen molar-refractivity contribution < 1.29 is 9.50 Å². The number of fused-ring (bicyclic) bond motifs is 1. The first kappa shape index (κ1) is 26.9. The summed E-state index contributed by atoms with van der Waals surface area (Å²) in [6.07, 6.45) is 7.40. The summed E-state index contributed by atoms with van der Waals surface area (Å²) in [7, 11) is 0. The molecule has 11 nitrogen and oxygen atoms in total. The van der Waals surface area contributed by atoms with Crippen LogP contribution in [-0.2, 0) is 6.54 Å². The molecule has 5 aromatic rings. The van der Waals surface area contributed by atoms with E-state index in [0.717, 1.165) is 53.2 Å². The quantitative estimate of drug-likeness (QED) is 0.272. The normalized spacial score (nSPS) is 18.3. The summed E-state index contributed by atoms with van der Waals surface area (Å²) in [4.78, 5) is 4.73. The average molecular weight is 573 g/mol. The Labute approximate surface area is 239 Å². The Morgan fingerprint density at radius 3 is 2.73 bits per heavy atom. The third kappa shape index (κ3) is 5.66. The predicted molar refractivity (Wildman–Crippen MR) is 152 cm³/mol. The van der Waals surface area contributed by atoms with E-state index in [2.05, 4.69) is 37.0 Å². The second kappa shape index (κ2) is 10.9. The zero-order chi connectivity index (χ0) is 28.6. The van der Waals surface area contributed by atoms with E-state index < -0.39 is 11.8 Å². The number of anilines is 1. The number of halogens is 1. The van der Waals surface area contributed by atoms with Gasteiger partial charge in [0.25, 0.3) is 0 Å². The molecular formula is C28H29FN10OS. The molecule has 0 saturated heterocycles. The second-order valence-electron chi connectivity index (χ2n) is 10.9. The van der Waals surface area contributed by atoms with Crippen LogP contribution in [0.2, 0.25) is 0 Å². The van der Waals surface area contributed by atoms with Crippen LogP contribution in [0.1, 0.15) is 56.0 Å². The van der Waals surface area contributed by atoms with Gasteiger partial charge in [0.1, 0.15) is 28.5 Å². The SMILES string of the molecule is CC(C)(O)C(F)Cn1cc(-c2cnc(-c3ccc4cc(C#N)cnn34)cc2NC2CCC(c3nncs3)CC2)nn1. The molecule has 210 valence electrons. The van der Waals surface area contributed by atoms with Crippen LogP contribution in [0.25, 0.3) is 28.2 Å². The molecule has 1 atom stereocenters. The molecule has 6 rings (SSSR count). The molecule has 13 heteroatoms. The van der Waals surface area contributed by atoms with Crippen LogP contribution >= 0.6 is 11.3 Å². The van der Waals surface area contributed by atoms with E-state index >= 15 is 0 Å². The summed E-state index contributed by atoms with van der Waals surface area (Å²) >= 11 is 1.61. The molecule has 1 aliphatic rings. The van der Waals surface area contributed by atoms with Crippen molar-refractivity contribution in [2.75, 3.05) is 5.32 Å². The van der Waals surface area contributed by atoms with Gasteiger partial charge in [-0.25, -0.2) is 13.6 Å². The molecule has 0 radical (unpaired) electrons. The van der Waals surface area contributed by atoms with Crippen LogP contribution in [0.15, 0.2) is 48.4 Å². The van der Waals surface area contributed by atoms with Crippen molar-refractivity contribution >= 4 is 22.5 Å². The third-order valence-corrected chi connectivity index (χ3v) is 8.39. The lowest BCUT2D eigenvalue weighted by Crippen LogP contribution is -2.35. The summed E-state index contributed by atoms with van der Waals surface area (Å²) < 4.78 is 17.7. The minimum Gasteiger partial charge on any atom is -0.387 e. The van der Waals surface area contributed by atoms with Gasteiger partial charge in [0.05, 0.1) is 47.0 Å². The Morgan fingerprint density at radius 2 is 2.00 bits per heavy atom. The van der Waals surface area contributed by atoms with Gasteiger partial charge in [-0.3, -0.25) is 4.98 Å². The van der Waals surface area contributed by atoms with Crippen LogP contribution in [0.4, 0.5) is 10.1 Å². The largest absolute Gasteiger partial charge is 0.387 e. The maximum atomic E-state index is 14.5. The topological polar surface area (TPSA) is 143 Å². The maximum absolute atomic E-state index is 14.5. The van der Waals surface area contributed by atoms with Gasteiger partial charge in [-0.15, -0.1) is 26.6 Å². The van der Waals surface area contributed by atoms with Gasteiger partial charge >= 0.3 is 0 Å². The second-order valence-corrected chi connectivity index (χ2v) is 11.8. The fraction of sp³-hybridized carbons (Fsp3) is 0.393. The summed E-state index contributed by atoms with van der Waals surface area (Å²) in [6, 6.07) is 9.94. The minimum absolute atomic E-state index is 0.118. The summed E-state index contributed by atoms with van der Waals surface area (Å²) in [5, 5.41) is 45.2.